The number of ether oxygens (including phenoxy) is 2. The number of carbonyl (C=O) groups excluding carboxylic acids is 1. The molecule has 1 unspecified atom stereocenters. The van der Waals surface area contributed by atoms with Gasteiger partial charge in [-0.05, 0) is 6.92 Å². The lowest BCUT2D eigenvalue weighted by Gasteiger charge is -2.12. The molecule has 0 saturated carbocycles. The molecule has 1 amide bonds. The minimum absolute atomic E-state index is 0.0194. The highest BCUT2D eigenvalue weighted by molar-refractivity contribution is 5.77. The molecule has 0 bridgehead atoms. The monoisotopic (exact) mass is 242 g/mol. The first-order valence-corrected chi connectivity index (χ1v) is 5.35. The quantitative estimate of drug-likeness (QED) is 0.661. The zero-order valence-corrected chi connectivity index (χ0v) is 10.3. The molecule has 0 aliphatic rings. The highest BCUT2D eigenvalue weighted by Gasteiger charge is 2.13. The van der Waals surface area contributed by atoms with Gasteiger partial charge in [0.05, 0.1) is 19.3 Å². The molecule has 1 aromatic rings. The van der Waals surface area contributed by atoms with E-state index in [2.05, 4.69) is 15.5 Å². The van der Waals surface area contributed by atoms with Crippen molar-refractivity contribution in [2.24, 2.45) is 7.05 Å². The second-order valence-corrected chi connectivity index (χ2v) is 3.63. The lowest BCUT2D eigenvalue weighted by Crippen LogP contribution is -2.31. The van der Waals surface area contributed by atoms with Crippen LogP contribution in [-0.2, 0) is 21.3 Å². The van der Waals surface area contributed by atoms with Crippen molar-refractivity contribution in [3.63, 3.8) is 0 Å². The van der Waals surface area contributed by atoms with Crippen LogP contribution in [0.3, 0.4) is 0 Å². The van der Waals surface area contributed by atoms with E-state index in [0.29, 0.717) is 19.0 Å². The molecule has 0 aromatic carbocycles. The number of amides is 1. The van der Waals surface area contributed by atoms with E-state index in [1.54, 1.807) is 18.0 Å². The maximum Gasteiger partial charge on any atom is 0.246 e. The summed E-state index contributed by atoms with van der Waals surface area (Å²) in [4.78, 5) is 11.5. The van der Waals surface area contributed by atoms with Gasteiger partial charge in [-0.15, -0.1) is 10.2 Å². The number of hydrogen-bond donors (Lipinski definition) is 1. The minimum atomic E-state index is -0.193. The van der Waals surface area contributed by atoms with Gasteiger partial charge in [-0.25, -0.2) is 0 Å². The molecule has 0 aliphatic heterocycles. The molecule has 1 heterocycles. The van der Waals surface area contributed by atoms with Crippen LogP contribution in [0.5, 0.6) is 0 Å². The van der Waals surface area contributed by atoms with Gasteiger partial charge in [-0.3, -0.25) is 4.79 Å². The first-order valence-electron chi connectivity index (χ1n) is 5.35. The van der Waals surface area contributed by atoms with Crippen molar-refractivity contribution >= 4 is 5.91 Å². The second-order valence-electron chi connectivity index (χ2n) is 3.63. The van der Waals surface area contributed by atoms with Crippen molar-refractivity contribution in [3.05, 3.63) is 12.2 Å². The third-order valence-corrected chi connectivity index (χ3v) is 2.18. The fourth-order valence-electron chi connectivity index (χ4n) is 1.34. The molecule has 17 heavy (non-hydrogen) atoms. The van der Waals surface area contributed by atoms with Crippen LogP contribution < -0.4 is 5.32 Å². The maximum absolute atomic E-state index is 11.5. The number of rotatable bonds is 7. The molecular weight excluding hydrogens is 224 g/mol. The van der Waals surface area contributed by atoms with Crippen molar-refractivity contribution in [2.75, 3.05) is 26.9 Å². The molecule has 0 fully saturated rings. The Morgan fingerprint density at radius 2 is 2.35 bits per heavy atom. The Morgan fingerprint density at radius 3 is 2.94 bits per heavy atom. The van der Waals surface area contributed by atoms with Gasteiger partial charge in [-0.1, -0.05) is 0 Å². The predicted molar refractivity (Wildman–Crippen MR) is 60.3 cm³/mol. The van der Waals surface area contributed by atoms with E-state index >= 15 is 0 Å². The molecular formula is C10H18N4O3. The lowest BCUT2D eigenvalue weighted by molar-refractivity contribution is -0.126. The summed E-state index contributed by atoms with van der Waals surface area (Å²) < 4.78 is 11.7. The average molecular weight is 242 g/mol. The van der Waals surface area contributed by atoms with Crippen LogP contribution in [0.1, 0.15) is 18.8 Å². The Balaban J connectivity index is 2.29. The zero-order chi connectivity index (χ0) is 12.7. The SMILES string of the molecule is COCCOCC(=O)NC(C)c1nncn1C. The van der Waals surface area contributed by atoms with Crippen molar-refractivity contribution in [2.45, 2.75) is 13.0 Å². The number of hydrogen-bond acceptors (Lipinski definition) is 5. The normalized spacial score (nSPS) is 12.4. The van der Waals surface area contributed by atoms with E-state index in [0.717, 1.165) is 0 Å². The van der Waals surface area contributed by atoms with Gasteiger partial charge in [0.25, 0.3) is 0 Å². The van der Waals surface area contributed by atoms with Crippen LogP contribution in [0, 0.1) is 0 Å². The molecule has 7 nitrogen and oxygen atoms in total. The van der Waals surface area contributed by atoms with Crippen LogP contribution in [0.25, 0.3) is 0 Å². The molecule has 1 rings (SSSR count). The molecule has 0 saturated heterocycles. The Morgan fingerprint density at radius 1 is 1.59 bits per heavy atom. The summed E-state index contributed by atoms with van der Waals surface area (Å²) >= 11 is 0. The summed E-state index contributed by atoms with van der Waals surface area (Å²) in [6, 6.07) is -0.193. The van der Waals surface area contributed by atoms with Crippen LogP contribution >= 0.6 is 0 Å². The van der Waals surface area contributed by atoms with E-state index in [1.165, 1.54) is 0 Å². The van der Waals surface area contributed by atoms with Crippen LogP contribution in [0.2, 0.25) is 0 Å². The molecule has 1 atom stereocenters. The minimum Gasteiger partial charge on any atom is -0.382 e. The van der Waals surface area contributed by atoms with Crippen molar-refractivity contribution in [3.8, 4) is 0 Å². The van der Waals surface area contributed by atoms with Crippen LogP contribution in [0.15, 0.2) is 6.33 Å². The Hall–Kier alpha value is -1.47. The molecule has 1 N–H and O–H groups in total. The van der Waals surface area contributed by atoms with Crippen molar-refractivity contribution < 1.29 is 14.3 Å². The van der Waals surface area contributed by atoms with Gasteiger partial charge in [0.1, 0.15) is 12.9 Å². The first-order chi connectivity index (χ1) is 8.15. The summed E-state index contributed by atoms with van der Waals surface area (Å²) in [6.07, 6.45) is 1.59. The molecule has 0 aliphatic carbocycles. The van der Waals surface area contributed by atoms with Gasteiger partial charge < -0.3 is 19.4 Å². The van der Waals surface area contributed by atoms with Crippen molar-refractivity contribution in [1.29, 1.82) is 0 Å². The summed E-state index contributed by atoms with van der Waals surface area (Å²) in [5, 5.41) is 10.4. The lowest BCUT2D eigenvalue weighted by atomic mass is 10.3. The highest BCUT2D eigenvalue weighted by atomic mass is 16.5. The van der Waals surface area contributed by atoms with Crippen molar-refractivity contribution in [1.82, 2.24) is 20.1 Å². The molecule has 0 radical (unpaired) electrons. The third-order valence-electron chi connectivity index (χ3n) is 2.18. The number of nitrogens with one attached hydrogen (secondary N) is 1. The molecule has 96 valence electrons. The topological polar surface area (TPSA) is 78.3 Å². The number of aromatic nitrogens is 3. The number of aryl methyl sites for hydroxylation is 1. The van der Waals surface area contributed by atoms with Crippen LogP contribution in [0.4, 0.5) is 0 Å². The molecule has 0 spiro atoms. The van der Waals surface area contributed by atoms with Crippen LogP contribution in [-0.4, -0.2) is 47.6 Å². The number of carbonyl (C=O) groups is 1. The van der Waals surface area contributed by atoms with Gasteiger partial charge >= 0.3 is 0 Å². The largest absolute Gasteiger partial charge is 0.382 e. The third kappa shape index (κ3) is 4.49. The second kappa shape index (κ2) is 6.97. The number of methoxy groups -OCH3 is 1. The van der Waals surface area contributed by atoms with E-state index < -0.39 is 0 Å². The highest BCUT2D eigenvalue weighted by Crippen LogP contribution is 2.06. The maximum atomic E-state index is 11.5. The first kappa shape index (κ1) is 13.6. The van der Waals surface area contributed by atoms with Gasteiger partial charge in [0.15, 0.2) is 5.82 Å². The Labute approximate surface area is 100 Å². The van der Waals surface area contributed by atoms with E-state index in [9.17, 15) is 4.79 Å². The van der Waals surface area contributed by atoms with E-state index in [4.69, 9.17) is 9.47 Å². The van der Waals surface area contributed by atoms with Gasteiger partial charge in [0.2, 0.25) is 5.91 Å². The zero-order valence-electron chi connectivity index (χ0n) is 10.3. The standard InChI is InChI=1S/C10H18N4O3/c1-8(10-13-11-7-14(10)2)12-9(15)6-17-5-4-16-3/h7-8H,4-6H2,1-3H3,(H,12,15). The molecule has 1 aromatic heterocycles. The van der Waals surface area contributed by atoms with E-state index in [-0.39, 0.29) is 18.6 Å². The fraction of sp³-hybridized carbons (Fsp3) is 0.700. The Bertz CT molecular complexity index is 353. The fourth-order valence-corrected chi connectivity index (χ4v) is 1.34. The summed E-state index contributed by atoms with van der Waals surface area (Å²) in [5.74, 6) is 0.520. The average Bonchev–Trinajstić information content (AvgIpc) is 2.71. The summed E-state index contributed by atoms with van der Waals surface area (Å²) in [6.45, 7) is 2.75. The van der Waals surface area contributed by atoms with Gasteiger partial charge in [0, 0.05) is 14.2 Å². The predicted octanol–water partition coefficient (Wildman–Crippen LogP) is -0.345. The Kier molecular flexibility index (Phi) is 5.58. The van der Waals surface area contributed by atoms with E-state index in [1.807, 2.05) is 14.0 Å². The summed E-state index contributed by atoms with van der Waals surface area (Å²) in [7, 11) is 3.41. The molecule has 7 heteroatoms. The smallest absolute Gasteiger partial charge is 0.246 e. The number of nitrogens with zero attached hydrogens (tertiary/aromatic N) is 3. The summed E-state index contributed by atoms with van der Waals surface area (Å²) in [5.41, 5.74) is 0. The van der Waals surface area contributed by atoms with Gasteiger partial charge in [-0.2, -0.15) is 0 Å².